The third-order valence-electron chi connectivity index (χ3n) is 4.50. The van der Waals surface area contributed by atoms with Gasteiger partial charge in [0.25, 0.3) is 0 Å². The number of likely N-dealkylation sites (tertiary alicyclic amines) is 1. The molecule has 0 bridgehead atoms. The summed E-state index contributed by atoms with van der Waals surface area (Å²) in [5.41, 5.74) is 0. The summed E-state index contributed by atoms with van der Waals surface area (Å²) in [6.45, 7) is 4.99. The van der Waals surface area contributed by atoms with Crippen LogP contribution in [0.1, 0.15) is 25.7 Å². The monoisotopic (exact) mass is 411 g/mol. The van der Waals surface area contributed by atoms with Crippen molar-refractivity contribution in [2.24, 2.45) is 0 Å². The summed E-state index contributed by atoms with van der Waals surface area (Å²) in [5.74, 6) is 0.502. The second-order valence-corrected chi connectivity index (χ2v) is 8.73. The van der Waals surface area contributed by atoms with Crippen LogP contribution < -0.4 is 4.46 Å². The van der Waals surface area contributed by atoms with Crippen molar-refractivity contribution in [1.82, 2.24) is 4.90 Å². The van der Waals surface area contributed by atoms with E-state index in [0.717, 1.165) is 24.6 Å². The number of rotatable bonds is 7. The fourth-order valence-corrected chi connectivity index (χ4v) is 5.49. The molecule has 0 aliphatic carbocycles. The van der Waals surface area contributed by atoms with E-state index in [4.69, 9.17) is 9.47 Å². The minimum atomic E-state index is -0.614. The van der Waals surface area contributed by atoms with Crippen molar-refractivity contribution < 1.29 is 19.4 Å². The van der Waals surface area contributed by atoms with E-state index in [9.17, 15) is 9.90 Å². The van der Waals surface area contributed by atoms with Gasteiger partial charge in [0, 0.05) is 0 Å². The van der Waals surface area contributed by atoms with Crippen LogP contribution >= 0.6 is 0 Å². The van der Waals surface area contributed by atoms with Crippen molar-refractivity contribution in [3.63, 3.8) is 0 Å². The second-order valence-electron chi connectivity index (χ2n) is 6.44. The number of ether oxygens (including phenoxy) is 2. The van der Waals surface area contributed by atoms with E-state index >= 15 is 0 Å². The molecule has 2 saturated heterocycles. The topological polar surface area (TPSA) is 59.0 Å². The molecule has 3 atom stereocenters. The van der Waals surface area contributed by atoms with E-state index in [-0.39, 0.29) is 39.6 Å². The summed E-state index contributed by atoms with van der Waals surface area (Å²) in [4.78, 5) is 14.0. The molecule has 136 valence electrons. The van der Waals surface area contributed by atoms with Gasteiger partial charge in [-0.05, 0) is 0 Å². The van der Waals surface area contributed by atoms with Crippen LogP contribution in [0, 0.1) is 0 Å². The Morgan fingerprint density at radius 1 is 1.36 bits per heavy atom. The van der Waals surface area contributed by atoms with Crippen LogP contribution in [0.25, 0.3) is 0 Å². The predicted octanol–water partition coefficient (Wildman–Crippen LogP) is 1.45. The number of carbonyl (C=O) groups is 1. The van der Waals surface area contributed by atoms with Gasteiger partial charge in [0.05, 0.1) is 0 Å². The molecule has 2 aliphatic rings. The van der Waals surface area contributed by atoms with Gasteiger partial charge in [0.1, 0.15) is 0 Å². The third kappa shape index (κ3) is 5.08. The molecular weight excluding hydrogens is 385 g/mol. The van der Waals surface area contributed by atoms with Gasteiger partial charge in [0.2, 0.25) is 0 Å². The molecule has 2 fully saturated rings. The summed E-state index contributed by atoms with van der Waals surface area (Å²) in [6.07, 6.45) is 2.32. The molecule has 1 aromatic carbocycles. The summed E-state index contributed by atoms with van der Waals surface area (Å²) >= 11 is 0.213. The van der Waals surface area contributed by atoms with Gasteiger partial charge >= 0.3 is 155 Å². The fourth-order valence-electron chi connectivity index (χ4n) is 3.15. The molecule has 25 heavy (non-hydrogen) atoms. The molecule has 0 saturated carbocycles. The average Bonchev–Trinajstić information content (AvgIpc) is 2.88. The summed E-state index contributed by atoms with van der Waals surface area (Å²) in [7, 11) is 0. The Labute approximate surface area is 155 Å². The Morgan fingerprint density at radius 3 is 2.88 bits per heavy atom. The minimum absolute atomic E-state index is 0.0318. The van der Waals surface area contributed by atoms with E-state index in [2.05, 4.69) is 18.7 Å². The quantitative estimate of drug-likeness (QED) is 0.546. The Balaban J connectivity index is 1.55. The number of amides is 1. The molecule has 1 amide bonds. The molecule has 1 unspecified atom stereocenters. The van der Waals surface area contributed by atoms with E-state index in [0.29, 0.717) is 18.9 Å². The van der Waals surface area contributed by atoms with Crippen molar-refractivity contribution in [2.45, 2.75) is 49.4 Å². The van der Waals surface area contributed by atoms with Crippen LogP contribution in [-0.2, 0) is 14.3 Å². The van der Waals surface area contributed by atoms with E-state index in [1.807, 2.05) is 18.2 Å². The zero-order valence-electron chi connectivity index (χ0n) is 14.3. The average molecular weight is 410 g/mol. The Bertz CT molecular complexity index is 588. The predicted molar refractivity (Wildman–Crippen MR) is 96.6 cm³/mol. The Hall–Kier alpha value is -1.33. The molecule has 1 aromatic rings. The van der Waals surface area contributed by atoms with Crippen LogP contribution in [-0.4, -0.2) is 62.5 Å². The summed E-state index contributed by atoms with van der Waals surface area (Å²) < 4.78 is 12.6. The number of benzene rings is 1. The first-order valence-electron chi connectivity index (χ1n) is 8.75. The zero-order chi connectivity index (χ0) is 17.6. The summed E-state index contributed by atoms with van der Waals surface area (Å²) in [5, 5.41) is 11.1. The molecule has 0 radical (unpaired) electrons. The Kier molecular flexibility index (Phi) is 6.54. The second kappa shape index (κ2) is 8.86. The van der Waals surface area contributed by atoms with Crippen molar-refractivity contribution in [2.75, 3.05) is 13.2 Å². The van der Waals surface area contributed by atoms with E-state index in [1.165, 1.54) is 4.46 Å². The standard InChI is InChI=1S/C19H25NO4Se/c1-14(24-19-9-5-6-10-23-19)12-20-16(17(21)11-18(20)22)13-25-15-7-3-2-4-8-15/h2-4,7-8,16-17,19,21H,1,5-6,9-13H2/t16-,17-,19?/m0/s1. The Morgan fingerprint density at radius 2 is 2.16 bits per heavy atom. The maximum atomic E-state index is 12.3. The van der Waals surface area contributed by atoms with Gasteiger partial charge in [-0.15, -0.1) is 0 Å². The first-order valence-corrected chi connectivity index (χ1v) is 10.8. The molecule has 0 aromatic heterocycles. The van der Waals surface area contributed by atoms with Gasteiger partial charge in [0.15, 0.2) is 0 Å². The van der Waals surface area contributed by atoms with Crippen LogP contribution in [0.4, 0.5) is 0 Å². The molecular formula is C19H25NO4Se. The molecule has 6 heteroatoms. The van der Waals surface area contributed by atoms with Crippen molar-refractivity contribution in [3.05, 3.63) is 42.7 Å². The maximum absolute atomic E-state index is 12.3. The van der Waals surface area contributed by atoms with Crippen LogP contribution in [0.3, 0.4) is 0 Å². The number of carbonyl (C=O) groups excluding carboxylic acids is 1. The number of aliphatic hydroxyl groups excluding tert-OH is 1. The number of nitrogens with zero attached hydrogens (tertiary/aromatic N) is 1. The fraction of sp³-hybridized carbons (Fsp3) is 0.526. The molecule has 3 rings (SSSR count). The normalized spacial score (nSPS) is 26.7. The molecule has 2 aliphatic heterocycles. The van der Waals surface area contributed by atoms with Crippen molar-refractivity contribution in [3.8, 4) is 0 Å². The van der Waals surface area contributed by atoms with Gasteiger partial charge < -0.3 is 0 Å². The molecule has 1 N–H and O–H groups in total. The molecule has 0 spiro atoms. The molecule has 5 nitrogen and oxygen atoms in total. The van der Waals surface area contributed by atoms with Crippen molar-refractivity contribution in [1.29, 1.82) is 0 Å². The first-order chi connectivity index (χ1) is 12.1. The number of hydrogen-bond donors (Lipinski definition) is 1. The van der Waals surface area contributed by atoms with Crippen LogP contribution in [0.2, 0.25) is 5.32 Å². The van der Waals surface area contributed by atoms with Crippen molar-refractivity contribution >= 4 is 25.3 Å². The van der Waals surface area contributed by atoms with Crippen LogP contribution in [0.15, 0.2) is 42.7 Å². The summed E-state index contributed by atoms with van der Waals surface area (Å²) in [6, 6.07) is 10.1. The van der Waals surface area contributed by atoms with Gasteiger partial charge in [-0.2, -0.15) is 0 Å². The number of aliphatic hydroxyl groups is 1. The zero-order valence-corrected chi connectivity index (χ0v) is 16.0. The number of hydrogen-bond acceptors (Lipinski definition) is 4. The van der Waals surface area contributed by atoms with Crippen LogP contribution in [0.5, 0.6) is 0 Å². The van der Waals surface area contributed by atoms with Gasteiger partial charge in [-0.1, -0.05) is 0 Å². The van der Waals surface area contributed by atoms with E-state index < -0.39 is 6.10 Å². The van der Waals surface area contributed by atoms with E-state index in [1.54, 1.807) is 4.90 Å². The third-order valence-corrected chi connectivity index (χ3v) is 6.83. The first kappa shape index (κ1) is 18.5. The molecule has 2 heterocycles. The van der Waals surface area contributed by atoms with Gasteiger partial charge in [-0.3, -0.25) is 0 Å². The SMILES string of the molecule is C=C(CN1C(=O)C[C@H](O)[C@@H]1C[Se]c1ccccc1)OC1CCCCO1. The van der Waals surface area contributed by atoms with Gasteiger partial charge in [-0.25, -0.2) is 0 Å².